The molecule has 0 bridgehead atoms. The van der Waals surface area contributed by atoms with Crippen LogP contribution in [0.5, 0.6) is 0 Å². The number of benzene rings is 2. The molecule has 2 atom stereocenters. The van der Waals surface area contributed by atoms with Crippen LogP contribution in [0.2, 0.25) is 0 Å². The van der Waals surface area contributed by atoms with E-state index >= 15 is 0 Å². The molecule has 0 aliphatic rings. The third kappa shape index (κ3) is 15.2. The number of quaternary nitrogens is 1. The first-order chi connectivity index (χ1) is 23.2. The van der Waals surface area contributed by atoms with Crippen molar-refractivity contribution >= 4 is 67.0 Å². The van der Waals surface area contributed by atoms with Crippen molar-refractivity contribution in [3.05, 3.63) is 83.2 Å². The quantitative estimate of drug-likeness (QED) is 0.0497. The molecule has 0 radical (unpaired) electrons. The lowest BCUT2D eigenvalue weighted by atomic mass is 9.72. The number of hydrogen-bond acceptors (Lipinski definition) is 8. The van der Waals surface area contributed by atoms with Gasteiger partial charge in [0.15, 0.2) is 0 Å². The monoisotopic (exact) mass is 763 g/mol. The van der Waals surface area contributed by atoms with E-state index in [-0.39, 0.29) is 42.1 Å². The summed E-state index contributed by atoms with van der Waals surface area (Å²) in [5, 5.41) is 5.94. The van der Waals surface area contributed by atoms with Crippen LogP contribution < -0.4 is 10.6 Å². The minimum absolute atomic E-state index is 0.0849. The van der Waals surface area contributed by atoms with Crippen LogP contribution in [0.4, 0.5) is 0 Å². The van der Waals surface area contributed by atoms with Crippen molar-refractivity contribution in [3.63, 3.8) is 0 Å². The van der Waals surface area contributed by atoms with E-state index in [1.54, 1.807) is 52.0 Å². The highest BCUT2D eigenvalue weighted by Gasteiger charge is 2.49. The second-order valence-electron chi connectivity index (χ2n) is 14.2. The van der Waals surface area contributed by atoms with Crippen LogP contribution >= 0.6 is 35.7 Å². The topological polar surface area (TPSA) is 134 Å². The van der Waals surface area contributed by atoms with E-state index in [1.165, 1.54) is 11.8 Å². The molecule has 0 heterocycles. The average Bonchev–Trinajstić information content (AvgIpc) is 3.04. The van der Waals surface area contributed by atoms with Gasteiger partial charge in [0, 0.05) is 57.5 Å². The number of nitrogens with one attached hydrogen (secondary N) is 2. The Labute approximate surface area is 312 Å². The predicted octanol–water partition coefficient (Wildman–Crippen LogP) is 5.89. The molecular weight excluding hydrogens is 713 g/mol. The molecule has 0 saturated heterocycles. The summed E-state index contributed by atoms with van der Waals surface area (Å²) in [6.45, 7) is 16.7. The van der Waals surface area contributed by atoms with E-state index in [1.807, 2.05) is 50.5 Å². The van der Waals surface area contributed by atoms with Crippen molar-refractivity contribution in [2.45, 2.75) is 63.7 Å². The van der Waals surface area contributed by atoms with Crippen molar-refractivity contribution in [2.24, 2.45) is 5.41 Å². The summed E-state index contributed by atoms with van der Waals surface area (Å²) < 4.78 is 31.1. The largest absolute Gasteiger partial charge is 0.355 e. The molecule has 2 unspecified atom stereocenters. The lowest BCUT2D eigenvalue weighted by Crippen LogP contribution is -2.52. The number of carbonyl (C=O) groups excluding carboxylic acids is 3. The van der Waals surface area contributed by atoms with E-state index in [0.29, 0.717) is 52.5 Å². The Bertz CT molecular complexity index is 1610. The lowest BCUT2D eigenvalue weighted by Gasteiger charge is -2.38. The Morgan fingerprint density at radius 2 is 1.40 bits per heavy atom. The molecule has 274 valence electrons. The molecule has 0 fully saturated rings. The maximum absolute atomic E-state index is 14.1. The van der Waals surface area contributed by atoms with Crippen LogP contribution in [0.15, 0.2) is 60.7 Å². The van der Waals surface area contributed by atoms with Gasteiger partial charge < -0.3 is 20.0 Å². The highest BCUT2D eigenvalue weighted by molar-refractivity contribution is 8.25. The molecule has 0 aliphatic carbocycles. The van der Waals surface area contributed by atoms with Gasteiger partial charge in [0.1, 0.15) is 0 Å². The summed E-state index contributed by atoms with van der Waals surface area (Å²) in [4.78, 5) is 44.5. The normalized spacial score (nSPS) is 14.4. The minimum Gasteiger partial charge on any atom is -0.355 e. The molecule has 50 heavy (non-hydrogen) atoms. The van der Waals surface area contributed by atoms with Crippen molar-refractivity contribution in [1.82, 2.24) is 10.6 Å². The van der Waals surface area contributed by atoms with Gasteiger partial charge in [-0.25, -0.2) is 6.57 Å². The van der Waals surface area contributed by atoms with E-state index in [4.69, 9.17) is 23.3 Å². The van der Waals surface area contributed by atoms with Gasteiger partial charge in [-0.2, -0.15) is 8.42 Å². The highest BCUT2D eigenvalue weighted by atomic mass is 32.2. The number of amides is 2. The molecule has 10 nitrogen and oxygen atoms in total. The molecule has 0 aromatic heterocycles. The molecule has 0 spiro atoms. The van der Waals surface area contributed by atoms with Crippen LogP contribution in [0.25, 0.3) is 4.85 Å². The van der Waals surface area contributed by atoms with Gasteiger partial charge in [0.2, 0.25) is 22.5 Å². The maximum Gasteiger partial charge on any atom is 0.265 e. The highest BCUT2D eigenvalue weighted by Crippen LogP contribution is 2.44. The molecule has 14 heteroatoms. The van der Waals surface area contributed by atoms with E-state index < -0.39 is 25.8 Å². The maximum atomic E-state index is 14.1. The van der Waals surface area contributed by atoms with Crippen LogP contribution in [0.1, 0.15) is 69.3 Å². The summed E-state index contributed by atoms with van der Waals surface area (Å²) in [7, 11) is -0.101. The fourth-order valence-electron chi connectivity index (χ4n) is 5.82. The summed E-state index contributed by atoms with van der Waals surface area (Å²) in [6.07, 6.45) is 1.19. The van der Waals surface area contributed by atoms with Gasteiger partial charge in [-0.05, 0) is 18.9 Å². The van der Waals surface area contributed by atoms with Crippen molar-refractivity contribution in [1.29, 1.82) is 0 Å². The van der Waals surface area contributed by atoms with E-state index in [2.05, 4.69) is 15.5 Å². The number of hydrogen-bond donors (Lipinski definition) is 3. The second-order valence-corrected chi connectivity index (χ2v) is 19.0. The fourth-order valence-corrected chi connectivity index (χ4v) is 8.92. The van der Waals surface area contributed by atoms with E-state index in [0.717, 1.165) is 17.3 Å². The molecular formula is C36H51N4O6S4+. The summed E-state index contributed by atoms with van der Waals surface area (Å²) in [5.74, 6) is -0.544. The van der Waals surface area contributed by atoms with E-state index in [9.17, 15) is 22.8 Å². The van der Waals surface area contributed by atoms with Gasteiger partial charge >= 0.3 is 0 Å². The molecule has 0 aliphatic heterocycles. The summed E-state index contributed by atoms with van der Waals surface area (Å²) in [6, 6.07) is 18.3. The van der Waals surface area contributed by atoms with Crippen LogP contribution in [-0.4, -0.2) is 101 Å². The third-order valence-corrected chi connectivity index (χ3v) is 11.6. The van der Waals surface area contributed by atoms with Crippen molar-refractivity contribution in [3.8, 4) is 0 Å². The average molecular weight is 764 g/mol. The minimum atomic E-state index is -4.02. The standard InChI is InChI=1S/C36H50N4O6S4/c1-34(2,37-5)26-35(3,32(42)39-21-24-48-30(41)28-16-10-8-11-17-28)27-36(4,49-31(47)29-18-12-9-13-19-29)33(43)38-20-14-22-40(6,7)23-15-25-50(44,45)46/h8-13,16-19H,14-15,20-27H2,1-4,6-7H3,(H2-,38,39,42,43,44,45,46)/p+1. The second kappa shape index (κ2) is 19.2. The molecule has 2 rings (SSSR count). The van der Waals surface area contributed by atoms with Crippen LogP contribution in [0.3, 0.4) is 0 Å². The SMILES string of the molecule is [C-]#[N+]C(C)(C)CC(C)(CC(C)(SC(=S)c1ccccc1)C(=O)NCCC[N+](C)(C)CCCS(=O)(=O)O)C(=O)NCCSC(=O)c1ccccc1. The number of nitrogens with zero attached hydrogens (tertiary/aromatic N) is 2. The smallest absolute Gasteiger partial charge is 0.265 e. The number of carbonyl (C=O) groups is 3. The lowest BCUT2D eigenvalue weighted by molar-refractivity contribution is -0.890. The van der Waals surface area contributed by atoms with Crippen molar-refractivity contribution < 1.29 is 31.8 Å². The summed E-state index contributed by atoms with van der Waals surface area (Å²) in [5.41, 5.74) is -0.687. The van der Waals surface area contributed by atoms with Gasteiger partial charge in [-0.1, -0.05) is 103 Å². The van der Waals surface area contributed by atoms with Gasteiger partial charge in [-0.15, -0.1) is 0 Å². The third-order valence-electron chi connectivity index (χ3n) is 8.23. The van der Waals surface area contributed by atoms with Crippen molar-refractivity contribution in [2.75, 3.05) is 51.8 Å². The fraction of sp³-hybridized carbons (Fsp3) is 0.528. The molecule has 0 saturated carbocycles. The Kier molecular flexibility index (Phi) is 16.6. The predicted molar refractivity (Wildman–Crippen MR) is 209 cm³/mol. The molecule has 2 aromatic rings. The van der Waals surface area contributed by atoms with Gasteiger partial charge in [0.25, 0.3) is 10.1 Å². The van der Waals surface area contributed by atoms with Crippen LogP contribution in [-0.2, 0) is 19.7 Å². The first kappa shape index (κ1) is 43.4. The zero-order valence-corrected chi connectivity index (χ0v) is 33.1. The van der Waals surface area contributed by atoms with Crippen LogP contribution in [0, 0.1) is 12.0 Å². The molecule has 2 amide bonds. The Morgan fingerprint density at radius 3 is 1.96 bits per heavy atom. The van der Waals surface area contributed by atoms with Gasteiger partial charge in [0.05, 0.1) is 47.3 Å². The number of thiocarbonyl (C=S) groups is 1. The Balaban J connectivity index is 2.24. The Hall–Kier alpha value is -2.80. The number of thioether (sulfide) groups is 2. The first-order valence-corrected chi connectivity index (χ1v) is 20.3. The zero-order chi connectivity index (χ0) is 37.6. The van der Waals surface area contributed by atoms with Gasteiger partial charge in [-0.3, -0.25) is 18.9 Å². The summed E-state index contributed by atoms with van der Waals surface area (Å²) >= 11 is 8.15. The molecule has 2 aromatic carbocycles. The molecule has 3 N–H and O–H groups in total. The first-order valence-electron chi connectivity index (χ1n) is 16.4. The number of rotatable bonds is 20. The zero-order valence-electron chi connectivity index (χ0n) is 29.9. The Morgan fingerprint density at radius 1 is 0.860 bits per heavy atom.